The Balaban J connectivity index is 2.22. The number of nitrogens with zero attached hydrogens (tertiary/aromatic N) is 3. The quantitative estimate of drug-likeness (QED) is 0.605. The lowest BCUT2D eigenvalue weighted by molar-refractivity contribution is -0.384. The van der Waals surface area contributed by atoms with Crippen molar-refractivity contribution in [2.75, 3.05) is 11.9 Å². The number of anilines is 1. The van der Waals surface area contributed by atoms with E-state index in [0.29, 0.717) is 24.6 Å². The largest absolute Gasteiger partial charge is 0.363 e. The molecule has 2 rings (SSSR count). The lowest BCUT2D eigenvalue weighted by Crippen LogP contribution is -2.52. The lowest BCUT2D eigenvalue weighted by Gasteiger charge is -2.38. The normalized spacial score (nSPS) is 17.0. The molecule has 0 radical (unpaired) electrons. The number of rotatable bonds is 6. The van der Waals surface area contributed by atoms with Crippen LogP contribution < -0.4 is 11.1 Å². The zero-order valence-corrected chi connectivity index (χ0v) is 11.5. The monoisotopic (exact) mass is 267 g/mol. The van der Waals surface area contributed by atoms with Gasteiger partial charge in [-0.15, -0.1) is 0 Å². The number of nitrogens with two attached hydrogens (primary N) is 1. The van der Waals surface area contributed by atoms with Gasteiger partial charge < -0.3 is 11.1 Å². The van der Waals surface area contributed by atoms with Gasteiger partial charge in [0.05, 0.1) is 4.92 Å². The van der Waals surface area contributed by atoms with Crippen molar-refractivity contribution >= 4 is 11.5 Å². The molecule has 1 aromatic heterocycles. The second-order valence-electron chi connectivity index (χ2n) is 5.33. The number of nitrogens with one attached hydrogen (secondary N) is 1. The van der Waals surface area contributed by atoms with Crippen molar-refractivity contribution in [3.63, 3.8) is 0 Å². The highest BCUT2D eigenvalue weighted by Crippen LogP contribution is 2.32. The van der Waals surface area contributed by atoms with Gasteiger partial charge in [0.2, 0.25) is 5.82 Å². The third kappa shape index (κ3) is 2.70. The Morgan fingerprint density at radius 3 is 2.74 bits per heavy atom. The van der Waals surface area contributed by atoms with E-state index in [9.17, 15) is 10.1 Å². The number of aryl methyl sites for hydroxylation is 2. The van der Waals surface area contributed by atoms with E-state index < -0.39 is 0 Å². The van der Waals surface area contributed by atoms with Crippen molar-refractivity contribution in [1.82, 2.24) is 9.78 Å². The summed E-state index contributed by atoms with van der Waals surface area (Å²) in [6.45, 7) is 4.90. The molecule has 1 aliphatic carbocycles. The summed E-state index contributed by atoms with van der Waals surface area (Å²) in [7, 11) is 0. The maximum atomic E-state index is 11.1. The third-order valence-corrected chi connectivity index (χ3v) is 3.67. The van der Waals surface area contributed by atoms with E-state index in [1.54, 1.807) is 11.6 Å². The van der Waals surface area contributed by atoms with Gasteiger partial charge >= 0.3 is 5.69 Å². The van der Waals surface area contributed by atoms with E-state index in [-0.39, 0.29) is 16.1 Å². The molecule has 19 heavy (non-hydrogen) atoms. The first-order chi connectivity index (χ1) is 8.97. The highest BCUT2D eigenvalue weighted by atomic mass is 16.6. The van der Waals surface area contributed by atoms with Crippen LogP contribution in [0.25, 0.3) is 0 Å². The predicted molar refractivity (Wildman–Crippen MR) is 73.2 cm³/mol. The van der Waals surface area contributed by atoms with Crippen molar-refractivity contribution in [3.8, 4) is 0 Å². The van der Waals surface area contributed by atoms with Crippen LogP contribution >= 0.6 is 0 Å². The summed E-state index contributed by atoms with van der Waals surface area (Å²) in [5, 5.41) is 18.5. The molecule has 0 unspecified atom stereocenters. The van der Waals surface area contributed by atoms with Gasteiger partial charge in [0.15, 0.2) is 0 Å². The predicted octanol–water partition coefficient (Wildman–Crippen LogP) is 1.80. The third-order valence-electron chi connectivity index (χ3n) is 3.67. The van der Waals surface area contributed by atoms with Gasteiger partial charge in [-0.05, 0) is 32.6 Å². The molecule has 0 aromatic carbocycles. The van der Waals surface area contributed by atoms with Crippen LogP contribution in [-0.4, -0.2) is 26.8 Å². The summed E-state index contributed by atoms with van der Waals surface area (Å²) < 4.78 is 1.68. The summed E-state index contributed by atoms with van der Waals surface area (Å²) >= 11 is 0. The molecule has 0 bridgehead atoms. The Hall–Kier alpha value is -1.63. The standard InChI is InChI=1S/C12H21N5O2/c1-3-7-16-11(10(17(18)19)9(2)15-16)14-8-12(13)5-4-6-12/h14H,3-8,13H2,1-2H3. The molecule has 3 N–H and O–H groups in total. The highest BCUT2D eigenvalue weighted by Gasteiger charge is 2.34. The second-order valence-corrected chi connectivity index (χ2v) is 5.33. The molecule has 0 amide bonds. The van der Waals surface area contributed by atoms with Crippen LogP contribution in [0.15, 0.2) is 0 Å². The summed E-state index contributed by atoms with van der Waals surface area (Å²) in [5.74, 6) is 0.487. The molecule has 0 atom stereocenters. The van der Waals surface area contributed by atoms with Crippen LogP contribution in [0.3, 0.4) is 0 Å². The molecule has 7 nitrogen and oxygen atoms in total. The fraction of sp³-hybridized carbons (Fsp3) is 0.750. The van der Waals surface area contributed by atoms with E-state index >= 15 is 0 Å². The van der Waals surface area contributed by atoms with Gasteiger partial charge in [0, 0.05) is 18.6 Å². The van der Waals surface area contributed by atoms with Gasteiger partial charge in [0.1, 0.15) is 5.69 Å². The molecule has 1 fully saturated rings. The SMILES string of the molecule is CCCn1nc(C)c([N+](=O)[O-])c1NCC1(N)CCC1. The maximum Gasteiger partial charge on any atom is 0.333 e. The Morgan fingerprint density at radius 1 is 1.58 bits per heavy atom. The lowest BCUT2D eigenvalue weighted by atomic mass is 9.78. The van der Waals surface area contributed by atoms with Crippen LogP contribution in [0.1, 0.15) is 38.3 Å². The average Bonchev–Trinajstić information content (AvgIpc) is 2.61. The van der Waals surface area contributed by atoms with Gasteiger partial charge in [-0.1, -0.05) is 6.92 Å². The number of hydrogen-bond acceptors (Lipinski definition) is 5. The van der Waals surface area contributed by atoms with E-state index in [1.807, 2.05) is 6.92 Å². The van der Waals surface area contributed by atoms with Crippen molar-refractivity contribution < 1.29 is 4.92 Å². The Bertz CT molecular complexity index is 479. The zero-order chi connectivity index (χ0) is 14.0. The summed E-state index contributed by atoms with van der Waals surface area (Å²) in [5.41, 5.74) is 6.44. The minimum absolute atomic E-state index is 0.0661. The fourth-order valence-electron chi connectivity index (χ4n) is 2.41. The summed E-state index contributed by atoms with van der Waals surface area (Å²) in [4.78, 5) is 10.8. The van der Waals surface area contributed by atoms with E-state index in [4.69, 9.17) is 5.73 Å². The highest BCUT2D eigenvalue weighted by molar-refractivity contribution is 5.59. The maximum absolute atomic E-state index is 11.1. The number of nitro groups is 1. The van der Waals surface area contributed by atoms with Crippen molar-refractivity contribution in [2.24, 2.45) is 5.73 Å². The average molecular weight is 267 g/mol. The molecule has 1 saturated carbocycles. The molecule has 106 valence electrons. The van der Waals surface area contributed by atoms with Crippen molar-refractivity contribution in [3.05, 3.63) is 15.8 Å². The number of hydrogen-bond donors (Lipinski definition) is 2. The first-order valence-corrected chi connectivity index (χ1v) is 6.71. The molecular formula is C12H21N5O2. The molecule has 0 aliphatic heterocycles. The van der Waals surface area contributed by atoms with Crippen molar-refractivity contribution in [2.45, 2.75) is 51.6 Å². The Morgan fingerprint density at radius 2 is 2.26 bits per heavy atom. The van der Waals surface area contributed by atoms with E-state index in [2.05, 4.69) is 10.4 Å². The second kappa shape index (κ2) is 5.16. The Labute approximate surface area is 112 Å². The topological polar surface area (TPSA) is 99.0 Å². The first-order valence-electron chi connectivity index (χ1n) is 6.71. The summed E-state index contributed by atoms with van der Waals surface area (Å²) in [6.07, 6.45) is 3.94. The van der Waals surface area contributed by atoms with Crippen LogP contribution in [0.5, 0.6) is 0 Å². The van der Waals surface area contributed by atoms with Gasteiger partial charge in [-0.25, -0.2) is 4.68 Å². The molecular weight excluding hydrogens is 246 g/mol. The zero-order valence-electron chi connectivity index (χ0n) is 11.5. The Kier molecular flexibility index (Phi) is 3.75. The first kappa shape index (κ1) is 13.8. The van der Waals surface area contributed by atoms with E-state index in [0.717, 1.165) is 25.7 Å². The van der Waals surface area contributed by atoms with Crippen LogP contribution in [0, 0.1) is 17.0 Å². The number of aromatic nitrogens is 2. The molecule has 1 aromatic rings. The fourth-order valence-corrected chi connectivity index (χ4v) is 2.41. The molecule has 1 heterocycles. The van der Waals surface area contributed by atoms with Crippen LogP contribution in [0.2, 0.25) is 0 Å². The van der Waals surface area contributed by atoms with E-state index in [1.165, 1.54) is 0 Å². The minimum Gasteiger partial charge on any atom is -0.363 e. The summed E-state index contributed by atoms with van der Waals surface area (Å²) in [6, 6.07) is 0. The van der Waals surface area contributed by atoms with Gasteiger partial charge in [0.25, 0.3) is 0 Å². The minimum atomic E-state index is -0.374. The molecule has 0 saturated heterocycles. The molecule has 7 heteroatoms. The van der Waals surface area contributed by atoms with Gasteiger partial charge in [-0.2, -0.15) is 5.10 Å². The van der Waals surface area contributed by atoms with Crippen molar-refractivity contribution in [1.29, 1.82) is 0 Å². The molecule has 1 aliphatic rings. The smallest absolute Gasteiger partial charge is 0.333 e. The van der Waals surface area contributed by atoms with Crippen LogP contribution in [0.4, 0.5) is 11.5 Å². The van der Waals surface area contributed by atoms with Gasteiger partial charge in [-0.3, -0.25) is 10.1 Å². The molecule has 0 spiro atoms. The van der Waals surface area contributed by atoms with Crippen LogP contribution in [-0.2, 0) is 6.54 Å².